The summed E-state index contributed by atoms with van der Waals surface area (Å²) in [5, 5.41) is 77.5. The number of carbonyl (C=O) groups excluding carboxylic acids is 1. The number of fused-ring (bicyclic) bond motifs is 2. The molecule has 2 amide bonds. The van der Waals surface area contributed by atoms with E-state index in [2.05, 4.69) is 79.7 Å². The lowest BCUT2D eigenvalue weighted by atomic mass is 10.1. The molecule has 0 atom stereocenters. The second kappa shape index (κ2) is 25.5. The highest BCUT2D eigenvalue weighted by atomic mass is 32.2. The zero-order valence-electron chi connectivity index (χ0n) is 38.7. The topological polar surface area (TPSA) is 365 Å². The van der Waals surface area contributed by atoms with E-state index < -0.39 is 36.1 Å². The minimum Gasteiger partial charge on any atom is -0.308 e. The quantitative estimate of drug-likeness (QED) is 0.0115. The monoisotopic (exact) mass is 1140 g/mol. The zero-order chi connectivity index (χ0) is 54.5. The van der Waals surface area contributed by atoms with Crippen LogP contribution in [0.3, 0.4) is 0 Å². The fraction of sp³-hybridized carbons (Fsp3) is 0.0217. The van der Waals surface area contributed by atoms with Crippen molar-refractivity contribution < 1.29 is 74.6 Å². The van der Waals surface area contributed by atoms with Crippen molar-refractivity contribution in [1.82, 2.24) is 0 Å². The normalized spacial score (nSPS) is 12.3. The molecule has 0 aliphatic heterocycles. The van der Waals surface area contributed by atoms with Crippen LogP contribution in [-0.4, -0.2) is 47.7 Å². The first-order chi connectivity index (χ1) is 37.0. The van der Waals surface area contributed by atoms with Crippen LogP contribution in [0.5, 0.6) is 0 Å². The number of rotatable bonds is 21. The van der Waals surface area contributed by atoms with Gasteiger partial charge in [0.15, 0.2) is 0 Å². The van der Waals surface area contributed by atoms with Crippen molar-refractivity contribution >= 4 is 141 Å². The van der Waals surface area contributed by atoms with Crippen LogP contribution in [-0.2, 0) is 48.4 Å². The highest BCUT2D eigenvalue weighted by Gasteiger charge is 2.19. The van der Waals surface area contributed by atoms with Gasteiger partial charge in [-0.15, -0.1) is 28.3 Å². The molecule has 8 aromatic rings. The van der Waals surface area contributed by atoms with Gasteiger partial charge < -0.3 is 10.6 Å². The van der Waals surface area contributed by atoms with Crippen molar-refractivity contribution in [1.29, 1.82) is 0 Å². The highest BCUT2D eigenvalue weighted by molar-refractivity contribution is 7.95. The van der Waals surface area contributed by atoms with Gasteiger partial charge in [0.25, 0.3) is 20.2 Å². The standard InChI is InChI=1S/C46H34N10O16S5/c1-26-18-29-19-33(4-2-27(29)21-41(26)55-53-39-16-10-35(24-44(39)76(61,62)63)51-49-31-6-12-37(13-7-31)73-70-67-58)47-46(57)48-34-5-3-28-22-42(43(75-72-69-60)23-30(28)20-34)56-54-40-17-11-36(25-45(40)77(64,65)66)52-50-32-8-14-38(15-9-32)74-71-68-59/h2-25,58-60H,1H3,(H2,47,48,57)(H,61,62,63)(H,64,65,66)/b51-49+,52-50+,55-53+,56-54+. The molecule has 26 nitrogen and oxygen atoms in total. The average Bonchev–Trinajstić information content (AvgIpc) is 3.41. The molecule has 31 heteroatoms. The first-order valence-corrected chi connectivity index (χ1v) is 26.4. The molecular formula is C46H34N10O16S5. The molecule has 0 saturated carbocycles. The predicted octanol–water partition coefficient (Wildman–Crippen LogP) is 15.4. The molecule has 0 saturated heterocycles. The molecule has 0 heterocycles. The van der Waals surface area contributed by atoms with E-state index in [1.165, 1.54) is 24.3 Å². The van der Waals surface area contributed by atoms with E-state index in [4.69, 9.17) is 15.8 Å². The maximum atomic E-state index is 13.3. The average molecular weight is 1140 g/mol. The first kappa shape index (κ1) is 55.7. The number of urea groups is 1. The lowest BCUT2D eigenvalue weighted by Gasteiger charge is -2.11. The van der Waals surface area contributed by atoms with E-state index in [0.717, 1.165) is 41.6 Å². The molecule has 0 aromatic heterocycles. The number of nitrogens with zero attached hydrogens (tertiary/aromatic N) is 8. The zero-order valence-corrected chi connectivity index (χ0v) is 42.8. The summed E-state index contributed by atoms with van der Waals surface area (Å²) in [5.41, 5.74) is 2.52. The molecule has 8 aromatic carbocycles. The summed E-state index contributed by atoms with van der Waals surface area (Å²) in [4.78, 5) is 13.5. The van der Waals surface area contributed by atoms with E-state index in [1.54, 1.807) is 116 Å². The van der Waals surface area contributed by atoms with Gasteiger partial charge in [0.2, 0.25) is 0 Å². The van der Waals surface area contributed by atoms with E-state index in [-0.39, 0.29) is 33.3 Å². The molecule has 0 radical (unpaired) electrons. The van der Waals surface area contributed by atoms with Crippen LogP contribution >= 0.6 is 36.1 Å². The number of carbonyl (C=O) groups is 1. The Morgan fingerprint density at radius 3 is 1.30 bits per heavy atom. The number of hydrogen-bond donors (Lipinski definition) is 7. The van der Waals surface area contributed by atoms with Crippen LogP contribution in [0.2, 0.25) is 0 Å². The van der Waals surface area contributed by atoms with E-state index in [1.807, 2.05) is 0 Å². The van der Waals surface area contributed by atoms with Crippen LogP contribution in [0, 0.1) is 6.92 Å². The van der Waals surface area contributed by atoms with Crippen molar-refractivity contribution in [2.45, 2.75) is 31.4 Å². The molecule has 0 spiro atoms. The second-order valence-corrected chi connectivity index (χ2v) is 20.5. The Kier molecular flexibility index (Phi) is 18.5. The Labute approximate surface area is 447 Å². The lowest BCUT2D eigenvalue weighted by Crippen LogP contribution is -2.19. The Balaban J connectivity index is 0.937. The Morgan fingerprint density at radius 1 is 0.429 bits per heavy atom. The fourth-order valence-corrected chi connectivity index (χ4v) is 9.28. The smallest absolute Gasteiger partial charge is 0.308 e. The summed E-state index contributed by atoms with van der Waals surface area (Å²) in [6.07, 6.45) is 0. The van der Waals surface area contributed by atoms with Gasteiger partial charge in [-0.1, -0.05) is 27.2 Å². The van der Waals surface area contributed by atoms with Crippen LogP contribution in [0.4, 0.5) is 61.7 Å². The van der Waals surface area contributed by atoms with Crippen LogP contribution in [0.1, 0.15) is 5.56 Å². The largest absolute Gasteiger partial charge is 0.323 e. The van der Waals surface area contributed by atoms with E-state index >= 15 is 0 Å². The van der Waals surface area contributed by atoms with Crippen molar-refractivity contribution in [3.63, 3.8) is 0 Å². The van der Waals surface area contributed by atoms with Gasteiger partial charge in [0.05, 0.1) is 69.5 Å². The molecule has 8 rings (SSSR count). The molecule has 7 N–H and O–H groups in total. The Hall–Kier alpha value is -7.54. The number of amides is 2. The predicted molar refractivity (Wildman–Crippen MR) is 279 cm³/mol. The van der Waals surface area contributed by atoms with Crippen LogP contribution in [0.25, 0.3) is 21.5 Å². The van der Waals surface area contributed by atoms with Crippen LogP contribution in [0.15, 0.2) is 211 Å². The molecule has 0 fully saturated rings. The molecule has 0 unspecified atom stereocenters. The van der Waals surface area contributed by atoms with Gasteiger partial charge in [-0.05, 0) is 167 Å². The molecule has 0 aliphatic rings. The summed E-state index contributed by atoms with van der Waals surface area (Å²) in [6.45, 7) is 1.76. The summed E-state index contributed by atoms with van der Waals surface area (Å²) >= 11 is 2.04. The third kappa shape index (κ3) is 15.3. The van der Waals surface area contributed by atoms with Crippen molar-refractivity contribution in [2.24, 2.45) is 40.9 Å². The number of hydrogen-bond acceptors (Lipinski definition) is 25. The number of aryl methyl sites for hydroxylation is 1. The molecule has 394 valence electrons. The Bertz CT molecular complexity index is 3840. The summed E-state index contributed by atoms with van der Waals surface area (Å²) in [5.74, 6) is 0. The molecular weight excluding hydrogens is 1110 g/mol. The molecule has 77 heavy (non-hydrogen) atoms. The van der Waals surface area contributed by atoms with Gasteiger partial charge in [-0.3, -0.25) is 9.11 Å². The first-order valence-electron chi connectivity index (χ1n) is 21.3. The molecule has 0 bridgehead atoms. The van der Waals surface area contributed by atoms with Gasteiger partial charge in [0, 0.05) is 21.2 Å². The number of anilines is 2. The van der Waals surface area contributed by atoms with Gasteiger partial charge >= 0.3 is 6.03 Å². The van der Waals surface area contributed by atoms with E-state index in [9.17, 15) is 30.7 Å². The van der Waals surface area contributed by atoms with Crippen molar-refractivity contribution in [2.75, 3.05) is 10.6 Å². The SMILES string of the molecule is Cc1cc2cc(NC(=O)Nc3ccc4cc(/N=N/c5ccc(/N=N/c6ccc(SOOO)cc6)cc5S(=O)(=O)O)c(SOOO)cc4c3)ccc2cc1/N=N/c1ccc(/N=N/c2ccc(SOOO)cc2)cc1S(=O)(=O)O. The number of benzene rings is 8. The number of nitrogens with one attached hydrogen (secondary N) is 2. The summed E-state index contributed by atoms with van der Waals surface area (Å²) < 4.78 is 83.1. The van der Waals surface area contributed by atoms with Gasteiger partial charge in [-0.2, -0.15) is 42.4 Å². The molecule has 0 aliphatic carbocycles. The minimum absolute atomic E-state index is 0.0543. The van der Waals surface area contributed by atoms with Crippen molar-refractivity contribution in [3.05, 3.63) is 151 Å². The summed E-state index contributed by atoms with van der Waals surface area (Å²) in [6, 6.07) is 36.5. The minimum atomic E-state index is -4.85. The lowest BCUT2D eigenvalue weighted by molar-refractivity contribution is -0.432. The highest BCUT2D eigenvalue weighted by Crippen LogP contribution is 2.39. The van der Waals surface area contributed by atoms with Crippen LogP contribution < -0.4 is 10.6 Å². The fourth-order valence-electron chi connectivity index (χ4n) is 6.82. The Morgan fingerprint density at radius 2 is 0.831 bits per heavy atom. The maximum absolute atomic E-state index is 13.3. The number of azo groups is 4. The van der Waals surface area contributed by atoms with Gasteiger partial charge in [-0.25, -0.2) is 20.6 Å². The third-order valence-corrected chi connectivity index (χ3v) is 13.9. The van der Waals surface area contributed by atoms with E-state index in [0.29, 0.717) is 72.0 Å². The maximum Gasteiger partial charge on any atom is 0.323 e. The third-order valence-electron chi connectivity index (χ3n) is 10.3. The van der Waals surface area contributed by atoms with Crippen molar-refractivity contribution in [3.8, 4) is 0 Å². The summed E-state index contributed by atoms with van der Waals surface area (Å²) in [7, 11) is -9.63. The second-order valence-electron chi connectivity index (χ2n) is 15.4. The van der Waals surface area contributed by atoms with Gasteiger partial charge in [0.1, 0.15) is 26.9 Å².